The number of thiophene rings is 1. The summed E-state index contributed by atoms with van der Waals surface area (Å²) >= 11 is 1.65. The molecule has 2 aromatic carbocycles. The third kappa shape index (κ3) is 1.30. The maximum atomic E-state index is 9.23. The van der Waals surface area contributed by atoms with Gasteiger partial charge in [0.2, 0.25) is 0 Å². The molecule has 0 saturated heterocycles. The molecule has 1 aromatic heterocycles. The van der Waals surface area contributed by atoms with Gasteiger partial charge < -0.3 is 0 Å². The van der Waals surface area contributed by atoms with Crippen LogP contribution in [0.4, 0.5) is 0 Å². The summed E-state index contributed by atoms with van der Waals surface area (Å²) in [5.41, 5.74) is 0.936. The zero-order valence-corrected chi connectivity index (χ0v) is 9.58. The second-order valence-corrected chi connectivity index (χ2v) is 4.77. The SMILES string of the molecule is N#Cc1ccc2sc3ccccc3c2c1C#N. The van der Waals surface area contributed by atoms with Crippen LogP contribution in [0.1, 0.15) is 11.1 Å². The van der Waals surface area contributed by atoms with Gasteiger partial charge in [-0.25, -0.2) is 0 Å². The molecule has 0 radical (unpaired) electrons. The van der Waals surface area contributed by atoms with E-state index in [-0.39, 0.29) is 0 Å². The van der Waals surface area contributed by atoms with Crippen LogP contribution in [-0.4, -0.2) is 0 Å². The second kappa shape index (κ2) is 3.59. The van der Waals surface area contributed by atoms with Crippen LogP contribution in [0.5, 0.6) is 0 Å². The van der Waals surface area contributed by atoms with E-state index < -0.39 is 0 Å². The first kappa shape index (κ1) is 9.84. The minimum absolute atomic E-state index is 0.448. The predicted octanol–water partition coefficient (Wildman–Crippen LogP) is 3.80. The molecule has 0 amide bonds. The Morgan fingerprint density at radius 2 is 1.71 bits per heavy atom. The summed E-state index contributed by atoms with van der Waals surface area (Å²) < 4.78 is 2.20. The van der Waals surface area contributed by atoms with E-state index in [0.717, 1.165) is 20.2 Å². The van der Waals surface area contributed by atoms with Crippen LogP contribution in [-0.2, 0) is 0 Å². The quantitative estimate of drug-likeness (QED) is 0.594. The van der Waals surface area contributed by atoms with Crippen molar-refractivity contribution in [3.8, 4) is 12.1 Å². The standard InChI is InChI=1S/C14H6N2S/c15-7-9-5-6-13-14(11(9)8-16)10-3-1-2-4-12(10)17-13/h1-6H. The second-order valence-electron chi connectivity index (χ2n) is 3.68. The van der Waals surface area contributed by atoms with Gasteiger partial charge in [0, 0.05) is 20.2 Å². The molecule has 3 rings (SSSR count). The number of benzene rings is 2. The third-order valence-corrected chi connectivity index (χ3v) is 3.91. The molecule has 0 unspecified atom stereocenters. The van der Waals surface area contributed by atoms with Gasteiger partial charge in [-0.3, -0.25) is 0 Å². The van der Waals surface area contributed by atoms with E-state index in [1.54, 1.807) is 17.4 Å². The first-order chi connectivity index (χ1) is 8.35. The topological polar surface area (TPSA) is 47.6 Å². The normalized spacial score (nSPS) is 10.2. The molecule has 2 nitrogen and oxygen atoms in total. The molecule has 0 aliphatic rings. The van der Waals surface area contributed by atoms with Crippen molar-refractivity contribution in [2.24, 2.45) is 0 Å². The molecule has 0 saturated carbocycles. The van der Waals surface area contributed by atoms with Crippen LogP contribution in [0.15, 0.2) is 36.4 Å². The Kier molecular flexibility index (Phi) is 2.08. The molecule has 0 spiro atoms. The van der Waals surface area contributed by atoms with Gasteiger partial charge in [0.15, 0.2) is 0 Å². The lowest BCUT2D eigenvalue weighted by atomic mass is 10.0. The van der Waals surface area contributed by atoms with Gasteiger partial charge in [-0.1, -0.05) is 18.2 Å². The highest BCUT2D eigenvalue weighted by molar-refractivity contribution is 7.25. The molecule has 0 aliphatic carbocycles. The summed E-state index contributed by atoms with van der Waals surface area (Å²) in [5.74, 6) is 0. The smallest absolute Gasteiger partial charge is 0.101 e. The van der Waals surface area contributed by atoms with Gasteiger partial charge in [-0.15, -0.1) is 11.3 Å². The maximum absolute atomic E-state index is 9.23. The molecule has 0 atom stereocenters. The van der Waals surface area contributed by atoms with Crippen molar-refractivity contribution in [1.82, 2.24) is 0 Å². The van der Waals surface area contributed by atoms with E-state index in [2.05, 4.69) is 12.1 Å². The molecular formula is C14H6N2S. The number of rotatable bonds is 0. The van der Waals surface area contributed by atoms with Crippen molar-refractivity contribution < 1.29 is 0 Å². The van der Waals surface area contributed by atoms with E-state index in [0.29, 0.717) is 11.1 Å². The van der Waals surface area contributed by atoms with Gasteiger partial charge in [-0.2, -0.15) is 10.5 Å². The molecule has 0 bridgehead atoms. The average Bonchev–Trinajstić information content (AvgIpc) is 2.76. The molecule has 78 valence electrons. The number of fused-ring (bicyclic) bond motifs is 3. The number of nitrogens with zero attached hydrogens (tertiary/aromatic N) is 2. The van der Waals surface area contributed by atoms with Crippen LogP contribution in [0.2, 0.25) is 0 Å². The Morgan fingerprint density at radius 1 is 0.882 bits per heavy atom. The molecular weight excluding hydrogens is 228 g/mol. The summed E-state index contributed by atoms with van der Waals surface area (Å²) in [5, 5.41) is 20.2. The highest BCUT2D eigenvalue weighted by atomic mass is 32.1. The summed E-state index contributed by atoms with van der Waals surface area (Å²) in [6.07, 6.45) is 0. The summed E-state index contributed by atoms with van der Waals surface area (Å²) in [6, 6.07) is 15.8. The van der Waals surface area contributed by atoms with E-state index in [9.17, 15) is 5.26 Å². The van der Waals surface area contributed by atoms with Crippen LogP contribution in [0.25, 0.3) is 20.2 Å². The Morgan fingerprint density at radius 3 is 2.47 bits per heavy atom. The third-order valence-electron chi connectivity index (χ3n) is 2.78. The lowest BCUT2D eigenvalue weighted by molar-refractivity contribution is 1.46. The predicted molar refractivity (Wildman–Crippen MR) is 68.8 cm³/mol. The fourth-order valence-corrected chi connectivity index (χ4v) is 3.14. The fourth-order valence-electron chi connectivity index (χ4n) is 2.03. The molecule has 1 heterocycles. The molecule has 17 heavy (non-hydrogen) atoms. The van der Waals surface area contributed by atoms with E-state index in [4.69, 9.17) is 5.26 Å². The maximum Gasteiger partial charge on any atom is 0.101 e. The summed E-state index contributed by atoms with van der Waals surface area (Å²) in [6.45, 7) is 0. The summed E-state index contributed by atoms with van der Waals surface area (Å²) in [7, 11) is 0. The van der Waals surface area contributed by atoms with Gasteiger partial charge in [0.25, 0.3) is 0 Å². The van der Waals surface area contributed by atoms with Gasteiger partial charge in [-0.05, 0) is 18.2 Å². The lowest BCUT2D eigenvalue weighted by Crippen LogP contribution is -1.83. The number of nitriles is 2. The Labute approximate surface area is 102 Å². The molecule has 0 fully saturated rings. The van der Waals surface area contributed by atoms with Crippen molar-refractivity contribution in [3.05, 3.63) is 47.5 Å². The average molecular weight is 234 g/mol. The molecule has 3 heteroatoms. The van der Waals surface area contributed by atoms with Crippen molar-refractivity contribution in [2.45, 2.75) is 0 Å². The first-order valence-electron chi connectivity index (χ1n) is 5.09. The molecule has 0 aliphatic heterocycles. The zero-order chi connectivity index (χ0) is 11.8. The minimum Gasteiger partial charge on any atom is -0.192 e. The van der Waals surface area contributed by atoms with Crippen molar-refractivity contribution in [3.63, 3.8) is 0 Å². The number of hydrogen-bond donors (Lipinski definition) is 0. The number of hydrogen-bond acceptors (Lipinski definition) is 3. The van der Waals surface area contributed by atoms with E-state index >= 15 is 0 Å². The van der Waals surface area contributed by atoms with E-state index in [1.165, 1.54) is 0 Å². The van der Waals surface area contributed by atoms with Gasteiger partial charge >= 0.3 is 0 Å². The van der Waals surface area contributed by atoms with E-state index in [1.807, 2.05) is 30.3 Å². The Hall–Kier alpha value is -2.36. The first-order valence-corrected chi connectivity index (χ1v) is 5.91. The largest absolute Gasteiger partial charge is 0.192 e. The Bertz CT molecular complexity index is 816. The fraction of sp³-hybridized carbons (Fsp3) is 0. The van der Waals surface area contributed by atoms with Crippen molar-refractivity contribution in [1.29, 1.82) is 10.5 Å². The van der Waals surface area contributed by atoms with Crippen LogP contribution in [0, 0.1) is 22.7 Å². The van der Waals surface area contributed by atoms with Gasteiger partial charge in [0.1, 0.15) is 12.1 Å². The van der Waals surface area contributed by atoms with Crippen molar-refractivity contribution >= 4 is 31.5 Å². The lowest BCUT2D eigenvalue weighted by Gasteiger charge is -1.97. The minimum atomic E-state index is 0.448. The molecule has 0 N–H and O–H groups in total. The van der Waals surface area contributed by atoms with Crippen LogP contribution >= 0.6 is 11.3 Å². The summed E-state index contributed by atoms with van der Waals surface area (Å²) in [4.78, 5) is 0. The Balaban J connectivity index is 2.63. The monoisotopic (exact) mass is 234 g/mol. The van der Waals surface area contributed by atoms with Gasteiger partial charge in [0.05, 0.1) is 11.1 Å². The molecule has 3 aromatic rings. The van der Waals surface area contributed by atoms with Crippen LogP contribution in [0.3, 0.4) is 0 Å². The highest BCUT2D eigenvalue weighted by Gasteiger charge is 2.12. The highest BCUT2D eigenvalue weighted by Crippen LogP contribution is 2.36. The van der Waals surface area contributed by atoms with Crippen LogP contribution < -0.4 is 0 Å². The zero-order valence-electron chi connectivity index (χ0n) is 8.77. The van der Waals surface area contributed by atoms with Crippen molar-refractivity contribution in [2.75, 3.05) is 0 Å².